The van der Waals surface area contributed by atoms with Gasteiger partial charge in [0.05, 0.1) is 0 Å². The van der Waals surface area contributed by atoms with Gasteiger partial charge in [-0.05, 0) is 0 Å². The maximum absolute atomic E-state index is 8.42. The maximum atomic E-state index is 8.42. The average Bonchev–Trinajstić information content (AvgIpc) is 2.47. The fraction of sp³-hybridized carbons (Fsp3) is 0. The van der Waals surface area contributed by atoms with E-state index in [2.05, 4.69) is 0 Å². The molecule has 30 nitrogen and oxygen atoms in total. The van der Waals surface area contributed by atoms with E-state index in [1.807, 2.05) is 0 Å². The van der Waals surface area contributed by atoms with Gasteiger partial charge in [0.25, 0.3) is 0 Å². The molecule has 0 fully saturated rings. The normalized spacial score (nSPS) is 3.86. The molecule has 0 spiro atoms. The Morgan fingerprint density at radius 2 is 0.0714 bits per heavy atom. The summed E-state index contributed by atoms with van der Waals surface area (Å²) in [5.74, 6) is 0. The van der Waals surface area contributed by atoms with E-state index in [1.165, 1.54) is 0 Å². The van der Waals surface area contributed by atoms with Crippen LogP contribution >= 0.6 is 0 Å². The van der Waals surface area contributed by atoms with Gasteiger partial charge in [0.1, 0.15) is 0 Å². The first-order valence-electron chi connectivity index (χ1n) is 7.07. The first kappa shape index (κ1) is 290. The molecule has 0 aromatic carbocycles. The zero-order valence-electron chi connectivity index (χ0n) is 48.0. The molecule has 0 unspecified atom stereocenters. The minimum Gasteiger partial charge on any atom is -0.907 e. The molecule has 0 radical (unpaired) electrons. The topological polar surface area (TPSA) is 692 Å². The molecule has 240 valence electrons. The van der Waals surface area contributed by atoms with Crippen LogP contribution in [-0.4, -0.2) is 73.2 Å². The van der Waals surface area contributed by atoms with Crippen LogP contribution in [-0.2, 0) is 0 Å². The van der Waals surface area contributed by atoms with E-state index >= 15 is 0 Å². The van der Waals surface area contributed by atoms with Gasteiger partial charge >= 0.3 is 566 Å². The van der Waals surface area contributed by atoms with Gasteiger partial charge in [0.15, 0.2) is 0 Å². The zero-order chi connectivity index (χ0) is 35.8. The van der Waals surface area contributed by atoms with Crippen LogP contribution < -0.4 is 717 Å². The van der Waals surface area contributed by atoms with Crippen molar-refractivity contribution in [2.75, 3.05) is 0 Å². The van der Waals surface area contributed by atoms with Crippen LogP contribution in [0.3, 0.4) is 0 Å². The Bertz CT molecular complexity index is 249. The number of hydrogen-bond acceptors (Lipinski definition) is 30. The molecule has 0 amide bonds. The van der Waals surface area contributed by atoms with Gasteiger partial charge in [-0.3, -0.25) is 73.2 Å². The molecule has 0 aliphatic rings. The van der Waals surface area contributed by atoms with E-state index in [-0.39, 0.29) is 566 Å². The fourth-order valence-electron chi connectivity index (χ4n) is 0. The van der Waals surface area contributed by atoms with Crippen molar-refractivity contribution in [3.8, 4) is 0 Å². The standard InChI is InChI=1S/10BO3.30Li/c10*2-1(3)4;;;;;;;;;;;;;;;;;;;;;;;;;;;;;;/q10*-3;30*+1. The van der Waals surface area contributed by atoms with Crippen LogP contribution in [0.15, 0.2) is 0 Å². The van der Waals surface area contributed by atoms with Gasteiger partial charge in [-0.15, -0.1) is 0 Å². The van der Waals surface area contributed by atoms with Crippen LogP contribution in [0.2, 0.25) is 0 Å². The van der Waals surface area contributed by atoms with E-state index < -0.39 is 73.2 Å². The average molecular weight is 796 g/mol. The number of hydrogen-bond donors (Lipinski definition) is 0. The molecule has 0 rings (SSSR count). The molecule has 70 heteroatoms. The van der Waals surface area contributed by atoms with Crippen LogP contribution in [0, 0.1) is 0 Å². The van der Waals surface area contributed by atoms with Crippen molar-refractivity contribution in [3.05, 3.63) is 0 Å². The molecule has 0 aliphatic heterocycles. The van der Waals surface area contributed by atoms with Gasteiger partial charge in [-0.25, -0.2) is 0 Å². The molecule has 0 saturated carbocycles. The van der Waals surface area contributed by atoms with Crippen molar-refractivity contribution < 1.29 is 717 Å². The van der Waals surface area contributed by atoms with Crippen LogP contribution in [0.4, 0.5) is 0 Å². The Hall–Kier alpha value is 17.4. The maximum Gasteiger partial charge on any atom is 1.00 e. The second-order valence-corrected chi connectivity index (χ2v) is 2.89. The van der Waals surface area contributed by atoms with E-state index in [9.17, 15) is 0 Å². The minimum absolute atomic E-state index is 0. The third-order valence-electron chi connectivity index (χ3n) is 0. The molecular weight excluding hydrogens is 796 g/mol. The second kappa shape index (κ2) is 281. The number of rotatable bonds is 0. The molecule has 0 heterocycles. The van der Waals surface area contributed by atoms with Crippen LogP contribution in [0.5, 0.6) is 0 Å². The summed E-state index contributed by atoms with van der Waals surface area (Å²) in [5.41, 5.74) is 0. The Morgan fingerprint density at radius 3 is 0.0714 bits per heavy atom. The first-order chi connectivity index (χ1) is 17.3. The van der Waals surface area contributed by atoms with Crippen molar-refractivity contribution in [2.45, 2.75) is 0 Å². The summed E-state index contributed by atoms with van der Waals surface area (Å²) in [4.78, 5) is 0. The van der Waals surface area contributed by atoms with Gasteiger partial charge in [-0.1, -0.05) is 0 Å². The van der Waals surface area contributed by atoms with E-state index in [1.54, 1.807) is 0 Å². The molecule has 0 saturated heterocycles. The van der Waals surface area contributed by atoms with Crippen molar-refractivity contribution in [2.24, 2.45) is 0 Å². The van der Waals surface area contributed by atoms with Crippen molar-refractivity contribution >= 4 is 73.2 Å². The Labute approximate surface area is 773 Å². The molecule has 0 aromatic heterocycles. The third kappa shape index (κ3) is 2010. The summed E-state index contributed by atoms with van der Waals surface area (Å²) in [6.45, 7) is 0. The summed E-state index contributed by atoms with van der Waals surface area (Å²) in [7, 11) is -29.2. The van der Waals surface area contributed by atoms with Crippen molar-refractivity contribution in [1.82, 2.24) is 0 Å². The quantitative estimate of drug-likeness (QED) is 0.205. The summed E-state index contributed by atoms with van der Waals surface area (Å²) in [5, 5.41) is 252. The van der Waals surface area contributed by atoms with Gasteiger partial charge in [0, 0.05) is 0 Å². The summed E-state index contributed by atoms with van der Waals surface area (Å²) in [6, 6.07) is 0. The summed E-state index contributed by atoms with van der Waals surface area (Å²) in [6.07, 6.45) is 0. The molecule has 70 heavy (non-hydrogen) atoms. The van der Waals surface area contributed by atoms with E-state index in [4.69, 9.17) is 151 Å². The van der Waals surface area contributed by atoms with E-state index in [0.29, 0.717) is 0 Å². The molecular formula is B10Li30O30. The predicted octanol–water partition coefficient (Wildman–Crippen LogP) is -129. The predicted molar refractivity (Wildman–Crippen MR) is 57.5 cm³/mol. The second-order valence-electron chi connectivity index (χ2n) is 2.89. The SMILES string of the molecule is [Li+].[Li+].[Li+].[Li+].[Li+].[Li+].[Li+].[Li+].[Li+].[Li+].[Li+].[Li+].[Li+].[Li+].[Li+].[Li+].[Li+].[Li+].[Li+].[Li+].[Li+].[Li+].[Li+].[Li+].[Li+].[Li+].[Li+].[Li+].[Li+].[Li+].[O-]B([O-])[O-].[O-]B([O-])[O-].[O-]B([O-])[O-].[O-]B([O-])[O-].[O-]B([O-])[O-].[O-]B([O-])[O-].[O-]B([O-])[O-].[O-]B([O-])[O-].[O-]B([O-])[O-].[O-]B([O-])[O-]. The van der Waals surface area contributed by atoms with Crippen LogP contribution in [0.1, 0.15) is 0 Å². The van der Waals surface area contributed by atoms with Gasteiger partial charge < -0.3 is 151 Å². The Kier molecular flexibility index (Phi) is 1160. The smallest absolute Gasteiger partial charge is 0.907 e. The molecule has 0 N–H and O–H groups in total. The van der Waals surface area contributed by atoms with E-state index in [0.717, 1.165) is 0 Å². The molecule has 0 atom stereocenters. The first-order valence-corrected chi connectivity index (χ1v) is 7.07. The Morgan fingerprint density at radius 1 is 0.0714 bits per heavy atom. The van der Waals surface area contributed by atoms with Crippen molar-refractivity contribution in [1.29, 1.82) is 0 Å². The van der Waals surface area contributed by atoms with Gasteiger partial charge in [0.2, 0.25) is 0 Å². The molecule has 0 aromatic rings. The fourth-order valence-corrected chi connectivity index (χ4v) is 0. The third-order valence-corrected chi connectivity index (χ3v) is 0. The Balaban J connectivity index is -0.00000000359. The summed E-state index contributed by atoms with van der Waals surface area (Å²) >= 11 is 0. The van der Waals surface area contributed by atoms with Crippen molar-refractivity contribution in [3.63, 3.8) is 0 Å². The molecule has 0 aliphatic carbocycles. The zero-order valence-corrected chi connectivity index (χ0v) is 48.0. The monoisotopic (exact) mass is 800 g/mol. The molecule has 0 bridgehead atoms. The van der Waals surface area contributed by atoms with Crippen LogP contribution in [0.25, 0.3) is 0 Å². The largest absolute Gasteiger partial charge is 1.00 e. The van der Waals surface area contributed by atoms with Gasteiger partial charge in [-0.2, -0.15) is 0 Å². The summed E-state index contributed by atoms with van der Waals surface area (Å²) < 4.78 is 0. The minimum atomic E-state index is -2.92.